The monoisotopic (exact) mass is 486 g/mol. The molecule has 9 heteroatoms. The maximum atomic E-state index is 12.2. The van der Waals surface area contributed by atoms with Crippen molar-refractivity contribution in [1.29, 1.82) is 5.26 Å². The molecule has 3 aliphatic rings. The number of fused-ring (bicyclic) bond motifs is 2. The number of hydrogen-bond acceptors (Lipinski definition) is 8. The van der Waals surface area contributed by atoms with Crippen LogP contribution < -0.4 is 20.9 Å². The van der Waals surface area contributed by atoms with Crippen LogP contribution >= 0.6 is 0 Å². The lowest BCUT2D eigenvalue weighted by Gasteiger charge is -2.35. The first-order valence-electron chi connectivity index (χ1n) is 12.9. The Hall–Kier alpha value is -3.64. The molecular formula is C27H34N8O. The van der Waals surface area contributed by atoms with E-state index in [0.29, 0.717) is 40.7 Å². The lowest BCUT2D eigenvalue weighted by molar-refractivity contribution is -0.111. The number of likely N-dealkylation sites (N-methyl/N-ethyl adjacent to an activating group) is 1. The fraction of sp³-hybridized carbons (Fsp3) is 0.481. The maximum absolute atomic E-state index is 12.2. The number of anilines is 5. The van der Waals surface area contributed by atoms with Crippen LogP contribution in [-0.4, -0.2) is 59.5 Å². The standard InChI is InChI=1S/C27H34N8O/c1-3-25(36)30-24-15-21(35-11-9-34(4-2)10-12-35)7-8-22(24)32-27-29-17-20(16-28)26(33-27)31-23-14-18-5-6-19(23)13-18/h3,7-8,15,17-19,23H,1,4-6,9-14H2,2H3,(H,30,36)(H2,29,31,32,33). The number of nitrogens with one attached hydrogen (secondary N) is 3. The normalized spacial score (nSPS) is 23.2. The highest BCUT2D eigenvalue weighted by Crippen LogP contribution is 2.45. The highest BCUT2D eigenvalue weighted by atomic mass is 16.1. The van der Waals surface area contributed by atoms with Crippen LogP contribution in [-0.2, 0) is 4.79 Å². The van der Waals surface area contributed by atoms with E-state index in [9.17, 15) is 10.1 Å². The van der Waals surface area contributed by atoms with E-state index in [-0.39, 0.29) is 5.91 Å². The van der Waals surface area contributed by atoms with Gasteiger partial charge < -0.3 is 25.8 Å². The van der Waals surface area contributed by atoms with Crippen molar-refractivity contribution in [2.75, 3.05) is 53.6 Å². The zero-order valence-corrected chi connectivity index (χ0v) is 20.8. The molecule has 9 nitrogen and oxygen atoms in total. The molecule has 1 aliphatic heterocycles. The second kappa shape index (κ2) is 10.5. The van der Waals surface area contributed by atoms with Crippen LogP contribution in [0.15, 0.2) is 37.1 Å². The third-order valence-electron chi connectivity index (χ3n) is 7.85. The molecule has 1 saturated heterocycles. The number of nitriles is 1. The lowest BCUT2D eigenvalue weighted by Crippen LogP contribution is -2.46. The van der Waals surface area contributed by atoms with Gasteiger partial charge in [0.05, 0.1) is 17.6 Å². The van der Waals surface area contributed by atoms with E-state index in [1.165, 1.54) is 25.3 Å². The van der Waals surface area contributed by atoms with Crippen LogP contribution in [0.25, 0.3) is 0 Å². The van der Waals surface area contributed by atoms with E-state index in [1.54, 1.807) is 6.20 Å². The number of amides is 1. The fourth-order valence-electron chi connectivity index (χ4n) is 5.80. The third-order valence-corrected chi connectivity index (χ3v) is 7.85. The molecule has 5 rings (SSSR count). The summed E-state index contributed by atoms with van der Waals surface area (Å²) in [6.07, 6.45) is 7.76. The molecule has 0 radical (unpaired) electrons. The SMILES string of the molecule is C=CC(=O)Nc1cc(N2CCN(CC)CC2)ccc1Nc1ncc(C#N)c(NC2CC3CCC2C3)n1. The van der Waals surface area contributed by atoms with Gasteiger partial charge in [0.25, 0.3) is 0 Å². The van der Waals surface area contributed by atoms with Gasteiger partial charge in [0.15, 0.2) is 0 Å². The maximum Gasteiger partial charge on any atom is 0.247 e. The Balaban J connectivity index is 1.37. The van der Waals surface area contributed by atoms with Gasteiger partial charge in [-0.3, -0.25) is 4.79 Å². The first kappa shape index (κ1) is 24.1. The average molecular weight is 487 g/mol. The molecule has 0 spiro atoms. The average Bonchev–Trinajstić information content (AvgIpc) is 3.53. The number of nitrogens with zero attached hydrogens (tertiary/aromatic N) is 5. The van der Waals surface area contributed by atoms with Crippen LogP contribution in [0.5, 0.6) is 0 Å². The summed E-state index contributed by atoms with van der Waals surface area (Å²) < 4.78 is 0. The molecule has 188 valence electrons. The number of aromatic nitrogens is 2. The number of carbonyl (C=O) groups excluding carboxylic acids is 1. The van der Waals surface area contributed by atoms with Gasteiger partial charge in [-0.25, -0.2) is 4.98 Å². The highest BCUT2D eigenvalue weighted by Gasteiger charge is 2.39. The minimum atomic E-state index is -0.287. The Morgan fingerprint density at radius 1 is 1.22 bits per heavy atom. The van der Waals surface area contributed by atoms with Gasteiger partial charge in [0, 0.05) is 37.9 Å². The van der Waals surface area contributed by atoms with Gasteiger partial charge >= 0.3 is 0 Å². The van der Waals surface area contributed by atoms with Gasteiger partial charge in [-0.15, -0.1) is 0 Å². The smallest absolute Gasteiger partial charge is 0.247 e. The lowest BCUT2D eigenvalue weighted by atomic mass is 9.95. The van der Waals surface area contributed by atoms with Gasteiger partial charge in [0.1, 0.15) is 17.5 Å². The zero-order valence-electron chi connectivity index (χ0n) is 20.8. The second-order valence-electron chi connectivity index (χ2n) is 9.96. The molecule has 36 heavy (non-hydrogen) atoms. The van der Waals surface area contributed by atoms with Gasteiger partial charge in [-0.05, 0) is 61.9 Å². The number of piperazine rings is 1. The van der Waals surface area contributed by atoms with Crippen molar-refractivity contribution in [2.45, 2.75) is 38.6 Å². The topological polar surface area (TPSA) is 109 Å². The minimum absolute atomic E-state index is 0.287. The van der Waals surface area contributed by atoms with Crippen molar-refractivity contribution in [1.82, 2.24) is 14.9 Å². The molecule has 3 unspecified atom stereocenters. The first-order chi connectivity index (χ1) is 17.6. The summed E-state index contributed by atoms with van der Waals surface area (Å²) in [4.78, 5) is 26.0. The number of rotatable bonds is 8. The minimum Gasteiger partial charge on any atom is -0.369 e. The molecule has 1 amide bonds. The number of carbonyl (C=O) groups is 1. The molecule has 2 bridgehead atoms. The molecule has 2 aliphatic carbocycles. The summed E-state index contributed by atoms with van der Waals surface area (Å²) in [5.74, 6) is 2.09. The predicted molar refractivity (Wildman–Crippen MR) is 142 cm³/mol. The van der Waals surface area contributed by atoms with Crippen LogP contribution in [0.3, 0.4) is 0 Å². The highest BCUT2D eigenvalue weighted by molar-refractivity contribution is 6.01. The van der Waals surface area contributed by atoms with E-state index in [4.69, 9.17) is 0 Å². The Morgan fingerprint density at radius 2 is 2.06 bits per heavy atom. The van der Waals surface area contributed by atoms with Crippen LogP contribution in [0.1, 0.15) is 38.2 Å². The van der Waals surface area contributed by atoms with Crippen molar-refractivity contribution in [3.8, 4) is 6.07 Å². The van der Waals surface area contributed by atoms with Gasteiger partial charge in [0.2, 0.25) is 11.9 Å². The Kier molecular flexibility index (Phi) is 7.05. The Labute approximate surface area is 212 Å². The molecule has 3 atom stereocenters. The summed E-state index contributed by atoms with van der Waals surface area (Å²) in [5.41, 5.74) is 2.79. The fourth-order valence-corrected chi connectivity index (χ4v) is 5.80. The van der Waals surface area contributed by atoms with Gasteiger partial charge in [-0.2, -0.15) is 10.2 Å². The number of hydrogen-bond donors (Lipinski definition) is 3. The second-order valence-corrected chi connectivity index (χ2v) is 9.96. The van der Waals surface area contributed by atoms with E-state index in [2.05, 4.69) is 55.3 Å². The van der Waals surface area contributed by atoms with Crippen molar-refractivity contribution < 1.29 is 4.79 Å². The summed E-state index contributed by atoms with van der Waals surface area (Å²) >= 11 is 0. The third kappa shape index (κ3) is 5.14. The molecule has 3 fully saturated rings. The molecular weight excluding hydrogens is 452 g/mol. The Morgan fingerprint density at radius 3 is 2.72 bits per heavy atom. The molecule has 2 saturated carbocycles. The summed E-state index contributed by atoms with van der Waals surface area (Å²) in [5, 5.41) is 19.3. The summed E-state index contributed by atoms with van der Waals surface area (Å²) in [6.45, 7) is 10.7. The van der Waals surface area contributed by atoms with E-state index in [0.717, 1.165) is 50.7 Å². The summed E-state index contributed by atoms with van der Waals surface area (Å²) in [7, 11) is 0. The van der Waals surface area contributed by atoms with Crippen LogP contribution in [0, 0.1) is 23.2 Å². The van der Waals surface area contributed by atoms with Crippen molar-refractivity contribution in [3.63, 3.8) is 0 Å². The van der Waals surface area contributed by atoms with E-state index < -0.39 is 0 Å². The van der Waals surface area contributed by atoms with Gasteiger partial charge in [-0.1, -0.05) is 19.9 Å². The van der Waals surface area contributed by atoms with E-state index in [1.807, 2.05) is 18.2 Å². The Bertz CT molecular complexity index is 1170. The quantitative estimate of drug-likeness (QED) is 0.481. The predicted octanol–water partition coefficient (Wildman–Crippen LogP) is 3.96. The van der Waals surface area contributed by atoms with Crippen molar-refractivity contribution in [2.24, 2.45) is 11.8 Å². The summed E-state index contributed by atoms with van der Waals surface area (Å²) in [6, 6.07) is 8.52. The van der Waals surface area contributed by atoms with Crippen molar-refractivity contribution in [3.05, 3.63) is 42.6 Å². The van der Waals surface area contributed by atoms with Crippen LogP contribution in [0.4, 0.5) is 28.8 Å². The molecule has 2 aromatic rings. The molecule has 1 aromatic carbocycles. The zero-order chi connectivity index (χ0) is 25.1. The largest absolute Gasteiger partial charge is 0.369 e. The molecule has 1 aromatic heterocycles. The molecule has 2 heterocycles. The number of benzene rings is 1. The van der Waals surface area contributed by atoms with Crippen LogP contribution in [0.2, 0.25) is 0 Å². The van der Waals surface area contributed by atoms with Crippen molar-refractivity contribution >= 4 is 34.7 Å². The van der Waals surface area contributed by atoms with E-state index >= 15 is 0 Å². The molecule has 3 N–H and O–H groups in total. The first-order valence-corrected chi connectivity index (χ1v) is 12.9.